The third-order valence-corrected chi connectivity index (χ3v) is 4.52. The molecule has 0 aliphatic heterocycles. The zero-order valence-corrected chi connectivity index (χ0v) is 9.31. The fourth-order valence-electron chi connectivity index (χ4n) is 0.602. The summed E-state index contributed by atoms with van der Waals surface area (Å²) < 4.78 is 0. The fraction of sp³-hybridized carbons (Fsp3) is 0.444. The molecule has 2 unspecified atom stereocenters. The highest BCUT2D eigenvalue weighted by Crippen LogP contribution is 2.33. The molecular weight excluding hydrogens is 202 g/mol. The number of hydrogen-bond acceptors (Lipinski definition) is 4. The van der Waals surface area contributed by atoms with Crippen LogP contribution in [0.4, 0.5) is 0 Å². The van der Waals surface area contributed by atoms with Gasteiger partial charge in [-0.1, -0.05) is 16.9 Å². The van der Waals surface area contributed by atoms with Crippen molar-refractivity contribution in [2.75, 3.05) is 0 Å². The normalized spacial score (nSPS) is 15.3. The van der Waals surface area contributed by atoms with Crippen molar-refractivity contribution in [3.05, 3.63) is 24.4 Å². The van der Waals surface area contributed by atoms with Crippen molar-refractivity contribution in [2.24, 2.45) is 0 Å². The van der Waals surface area contributed by atoms with Gasteiger partial charge in [-0.25, -0.2) is 4.98 Å². The van der Waals surface area contributed by atoms with Crippen LogP contribution in [0.25, 0.3) is 0 Å². The summed E-state index contributed by atoms with van der Waals surface area (Å²) in [5.74, 6) is 0. The Kier molecular flexibility index (Phi) is 4.62. The van der Waals surface area contributed by atoms with Gasteiger partial charge in [0.15, 0.2) is 0 Å². The van der Waals surface area contributed by atoms with Crippen LogP contribution in [0.5, 0.6) is 0 Å². The van der Waals surface area contributed by atoms with E-state index in [-0.39, 0.29) is 11.4 Å². The molecule has 2 nitrogen and oxygen atoms in total. The lowest BCUT2D eigenvalue weighted by Gasteiger charge is -2.12. The zero-order valence-electron chi connectivity index (χ0n) is 7.68. The van der Waals surface area contributed by atoms with E-state index in [9.17, 15) is 5.11 Å². The van der Waals surface area contributed by atoms with Crippen LogP contribution in [-0.2, 0) is 0 Å². The lowest BCUT2D eigenvalue weighted by atomic mass is 10.3. The summed E-state index contributed by atoms with van der Waals surface area (Å²) in [6.07, 6.45) is 1.50. The molecule has 0 saturated carbocycles. The van der Waals surface area contributed by atoms with Crippen molar-refractivity contribution in [1.29, 1.82) is 0 Å². The van der Waals surface area contributed by atoms with E-state index in [1.807, 2.05) is 25.1 Å². The molecule has 1 aromatic rings. The number of pyridine rings is 1. The predicted molar refractivity (Wildman–Crippen MR) is 58.8 cm³/mol. The maximum atomic E-state index is 9.24. The van der Waals surface area contributed by atoms with Crippen LogP contribution in [0.3, 0.4) is 0 Å². The maximum absolute atomic E-state index is 9.24. The maximum Gasteiger partial charge on any atom is 0.106 e. The third kappa shape index (κ3) is 4.02. The van der Waals surface area contributed by atoms with Gasteiger partial charge in [-0.15, -0.1) is 0 Å². The SMILES string of the molecule is CC(O)C(C)SSc1ccccn1. The topological polar surface area (TPSA) is 33.1 Å². The molecule has 72 valence electrons. The quantitative estimate of drug-likeness (QED) is 0.783. The third-order valence-electron chi connectivity index (χ3n) is 1.60. The number of aliphatic hydroxyl groups excluding tert-OH is 1. The molecule has 1 rings (SSSR count). The molecule has 2 atom stereocenters. The lowest BCUT2D eigenvalue weighted by molar-refractivity contribution is 0.197. The molecule has 0 amide bonds. The highest BCUT2D eigenvalue weighted by Gasteiger charge is 2.09. The minimum atomic E-state index is -0.277. The molecule has 13 heavy (non-hydrogen) atoms. The van der Waals surface area contributed by atoms with Crippen molar-refractivity contribution >= 4 is 21.6 Å². The Morgan fingerprint density at radius 3 is 2.69 bits per heavy atom. The van der Waals surface area contributed by atoms with Gasteiger partial charge in [0.1, 0.15) is 5.03 Å². The average molecular weight is 215 g/mol. The summed E-state index contributed by atoms with van der Waals surface area (Å²) in [7, 11) is 3.24. The number of hydrogen-bond donors (Lipinski definition) is 1. The predicted octanol–water partition coefficient (Wildman–Crippen LogP) is 2.59. The number of aliphatic hydroxyl groups is 1. The first-order chi connectivity index (χ1) is 6.20. The van der Waals surface area contributed by atoms with Crippen LogP contribution in [-0.4, -0.2) is 21.4 Å². The van der Waals surface area contributed by atoms with Crippen LogP contribution >= 0.6 is 21.6 Å². The molecule has 0 aliphatic rings. The van der Waals surface area contributed by atoms with Crippen molar-refractivity contribution in [3.63, 3.8) is 0 Å². The number of rotatable bonds is 4. The second-order valence-electron chi connectivity index (χ2n) is 2.79. The van der Waals surface area contributed by atoms with Crippen molar-refractivity contribution in [3.8, 4) is 0 Å². The first-order valence-electron chi connectivity index (χ1n) is 4.12. The van der Waals surface area contributed by atoms with Gasteiger partial charge in [-0.2, -0.15) is 0 Å². The Bertz CT molecular complexity index is 241. The highest BCUT2D eigenvalue weighted by atomic mass is 33.1. The van der Waals surface area contributed by atoms with E-state index in [0.717, 1.165) is 5.03 Å². The lowest BCUT2D eigenvalue weighted by Crippen LogP contribution is -2.13. The molecular formula is C9H13NOS2. The zero-order chi connectivity index (χ0) is 9.68. The van der Waals surface area contributed by atoms with Crippen LogP contribution in [0.15, 0.2) is 29.4 Å². The summed E-state index contributed by atoms with van der Waals surface area (Å²) in [5.41, 5.74) is 0. The van der Waals surface area contributed by atoms with Crippen LogP contribution in [0, 0.1) is 0 Å². The minimum absolute atomic E-state index is 0.229. The number of nitrogens with zero attached hydrogens (tertiary/aromatic N) is 1. The van der Waals surface area contributed by atoms with E-state index in [1.54, 1.807) is 34.7 Å². The Morgan fingerprint density at radius 1 is 1.38 bits per heavy atom. The van der Waals surface area contributed by atoms with E-state index in [4.69, 9.17) is 0 Å². The van der Waals surface area contributed by atoms with E-state index in [0.29, 0.717) is 0 Å². The largest absolute Gasteiger partial charge is 0.392 e. The fourth-order valence-corrected chi connectivity index (χ4v) is 2.78. The molecule has 0 radical (unpaired) electrons. The van der Waals surface area contributed by atoms with E-state index in [2.05, 4.69) is 4.98 Å². The van der Waals surface area contributed by atoms with Gasteiger partial charge in [-0.3, -0.25) is 0 Å². The standard InChI is InChI=1S/C9H13NOS2/c1-7(11)8(2)12-13-9-5-3-4-6-10-9/h3-8,11H,1-2H3. The van der Waals surface area contributed by atoms with E-state index in [1.165, 1.54) is 0 Å². The van der Waals surface area contributed by atoms with Gasteiger partial charge < -0.3 is 5.11 Å². The molecule has 0 fully saturated rings. The Hall–Kier alpha value is -0.190. The Balaban J connectivity index is 2.35. The monoisotopic (exact) mass is 215 g/mol. The molecule has 4 heteroatoms. The summed E-state index contributed by atoms with van der Waals surface area (Å²) in [6.45, 7) is 3.81. The molecule has 0 bridgehead atoms. The summed E-state index contributed by atoms with van der Waals surface area (Å²) in [5, 5.41) is 10.5. The van der Waals surface area contributed by atoms with E-state index >= 15 is 0 Å². The van der Waals surface area contributed by atoms with Crippen molar-refractivity contribution < 1.29 is 5.11 Å². The average Bonchev–Trinajstić information content (AvgIpc) is 2.15. The molecule has 0 spiro atoms. The second kappa shape index (κ2) is 5.52. The molecule has 0 aromatic carbocycles. The Morgan fingerprint density at radius 2 is 2.15 bits per heavy atom. The molecule has 1 aromatic heterocycles. The van der Waals surface area contributed by atoms with Gasteiger partial charge >= 0.3 is 0 Å². The number of aromatic nitrogens is 1. The van der Waals surface area contributed by atoms with Crippen LogP contribution < -0.4 is 0 Å². The van der Waals surface area contributed by atoms with E-state index < -0.39 is 0 Å². The summed E-state index contributed by atoms with van der Waals surface area (Å²) in [6, 6.07) is 5.82. The molecule has 1 heterocycles. The molecule has 1 N–H and O–H groups in total. The van der Waals surface area contributed by atoms with Gasteiger partial charge in [0.25, 0.3) is 0 Å². The molecule has 0 aliphatic carbocycles. The first kappa shape index (κ1) is 10.9. The van der Waals surface area contributed by atoms with Gasteiger partial charge in [-0.05, 0) is 36.8 Å². The second-order valence-corrected chi connectivity index (χ2v) is 5.39. The van der Waals surface area contributed by atoms with Gasteiger partial charge in [0.2, 0.25) is 0 Å². The summed E-state index contributed by atoms with van der Waals surface area (Å²) in [4.78, 5) is 4.17. The first-order valence-corrected chi connectivity index (χ1v) is 6.34. The highest BCUT2D eigenvalue weighted by molar-refractivity contribution is 8.76. The molecule has 0 saturated heterocycles. The van der Waals surface area contributed by atoms with Gasteiger partial charge in [0, 0.05) is 11.4 Å². The van der Waals surface area contributed by atoms with Crippen molar-refractivity contribution in [1.82, 2.24) is 4.98 Å². The van der Waals surface area contributed by atoms with Gasteiger partial charge in [0.05, 0.1) is 6.10 Å². The smallest absolute Gasteiger partial charge is 0.106 e. The van der Waals surface area contributed by atoms with Crippen LogP contribution in [0.1, 0.15) is 13.8 Å². The Labute approximate surface area is 86.6 Å². The minimum Gasteiger partial charge on any atom is -0.392 e. The summed E-state index contributed by atoms with van der Waals surface area (Å²) >= 11 is 0. The van der Waals surface area contributed by atoms with Crippen molar-refractivity contribution in [2.45, 2.75) is 30.2 Å². The van der Waals surface area contributed by atoms with Crippen LogP contribution in [0.2, 0.25) is 0 Å².